The molecule has 0 amide bonds. The van der Waals surface area contributed by atoms with Crippen LogP contribution in [0.1, 0.15) is 0 Å². The molecule has 0 atom stereocenters. The molecular formula is C3H5N3. The van der Waals surface area contributed by atoms with Crippen molar-refractivity contribution < 1.29 is 0 Å². The van der Waals surface area contributed by atoms with Crippen LogP contribution in [0.3, 0.4) is 0 Å². The van der Waals surface area contributed by atoms with E-state index in [0.717, 1.165) is 13.1 Å². The van der Waals surface area contributed by atoms with Crippen LogP contribution in [0.25, 0.3) is 0 Å². The molecule has 1 aliphatic rings. The summed E-state index contributed by atoms with van der Waals surface area (Å²) in [4.78, 5) is 3.79. The van der Waals surface area contributed by atoms with Crippen LogP contribution in [0, 0.1) is 0 Å². The average Bonchev–Trinajstić information content (AvgIpc) is 1.72. The number of azo groups is 1. The molecule has 0 aromatic heterocycles. The first kappa shape index (κ1) is 3.46. The van der Waals surface area contributed by atoms with Crippen molar-refractivity contribution in [3.63, 3.8) is 0 Å². The van der Waals surface area contributed by atoms with Crippen LogP contribution >= 0.6 is 0 Å². The van der Waals surface area contributed by atoms with Crippen LogP contribution in [0.5, 0.6) is 0 Å². The highest BCUT2D eigenvalue weighted by molar-refractivity contribution is 5.54. The van der Waals surface area contributed by atoms with Crippen molar-refractivity contribution in [1.29, 1.82) is 0 Å². The third-order valence-electron chi connectivity index (χ3n) is 0.544. The van der Waals surface area contributed by atoms with Gasteiger partial charge in [-0.3, -0.25) is 4.99 Å². The monoisotopic (exact) mass is 83.0 g/mol. The predicted molar refractivity (Wildman–Crippen MR) is 23.1 cm³/mol. The first-order valence-electron chi connectivity index (χ1n) is 1.85. The van der Waals surface area contributed by atoms with E-state index in [0.29, 0.717) is 0 Å². The fourth-order valence-corrected chi connectivity index (χ4v) is 0.291. The van der Waals surface area contributed by atoms with E-state index < -0.39 is 0 Å². The highest BCUT2D eigenvalue weighted by Gasteiger charge is 1.79. The minimum Gasteiger partial charge on any atom is -0.270 e. The second kappa shape index (κ2) is 1.64. The molecule has 0 aliphatic carbocycles. The van der Waals surface area contributed by atoms with E-state index >= 15 is 0 Å². The standard InChI is InChI=1S/C3H5N3/c1-2-5-6-3-4-1/h3H,1-2H2. The number of hydrogen-bond acceptors (Lipinski definition) is 3. The second-order valence-corrected chi connectivity index (χ2v) is 1.00. The van der Waals surface area contributed by atoms with Gasteiger partial charge < -0.3 is 0 Å². The molecule has 3 heteroatoms. The van der Waals surface area contributed by atoms with Gasteiger partial charge in [0.05, 0.1) is 13.1 Å². The lowest BCUT2D eigenvalue weighted by atomic mass is 10.7. The Morgan fingerprint density at radius 1 is 1.33 bits per heavy atom. The van der Waals surface area contributed by atoms with Crippen molar-refractivity contribution in [1.82, 2.24) is 0 Å². The molecule has 0 saturated carbocycles. The Balaban J connectivity index is 2.46. The summed E-state index contributed by atoms with van der Waals surface area (Å²) < 4.78 is 0. The lowest BCUT2D eigenvalue weighted by molar-refractivity contribution is 0.893. The zero-order valence-corrected chi connectivity index (χ0v) is 3.33. The molecule has 0 aromatic rings. The fraction of sp³-hybridized carbons (Fsp3) is 0.667. The van der Waals surface area contributed by atoms with Crippen LogP contribution in [-0.4, -0.2) is 19.4 Å². The van der Waals surface area contributed by atoms with E-state index in [1.54, 1.807) is 0 Å². The molecule has 3 nitrogen and oxygen atoms in total. The topological polar surface area (TPSA) is 37.1 Å². The molecule has 0 saturated heterocycles. The minimum absolute atomic E-state index is 0.760. The molecule has 0 spiro atoms. The van der Waals surface area contributed by atoms with Gasteiger partial charge in [0, 0.05) is 0 Å². The van der Waals surface area contributed by atoms with Crippen LogP contribution < -0.4 is 0 Å². The van der Waals surface area contributed by atoms with Crippen molar-refractivity contribution >= 4 is 6.34 Å². The summed E-state index contributed by atoms with van der Waals surface area (Å²) in [5.41, 5.74) is 0. The third kappa shape index (κ3) is 0.607. The Hall–Kier alpha value is -0.730. The quantitative estimate of drug-likeness (QED) is 0.408. The number of aliphatic imine (C=N–C) groups is 1. The van der Waals surface area contributed by atoms with E-state index in [-0.39, 0.29) is 0 Å². The Morgan fingerprint density at radius 2 is 2.33 bits per heavy atom. The molecule has 0 aromatic carbocycles. The van der Waals surface area contributed by atoms with Gasteiger partial charge in [-0.1, -0.05) is 0 Å². The Kier molecular flexibility index (Phi) is 0.948. The number of hydrogen-bond donors (Lipinski definition) is 0. The highest BCUT2D eigenvalue weighted by Crippen LogP contribution is 1.80. The fourth-order valence-electron chi connectivity index (χ4n) is 0.291. The molecule has 0 radical (unpaired) electrons. The van der Waals surface area contributed by atoms with Crippen LogP contribution in [0.15, 0.2) is 15.2 Å². The third-order valence-corrected chi connectivity index (χ3v) is 0.544. The maximum absolute atomic E-state index is 3.79. The lowest BCUT2D eigenvalue weighted by Gasteiger charge is -1.87. The molecule has 0 bridgehead atoms. The van der Waals surface area contributed by atoms with Crippen molar-refractivity contribution in [2.45, 2.75) is 0 Å². The van der Waals surface area contributed by atoms with Crippen molar-refractivity contribution in [2.24, 2.45) is 15.2 Å². The van der Waals surface area contributed by atoms with E-state index in [9.17, 15) is 0 Å². The SMILES string of the molecule is C1=NCCN=N1. The maximum Gasteiger partial charge on any atom is 0.132 e. The summed E-state index contributed by atoms with van der Waals surface area (Å²) in [6.07, 6.45) is 1.48. The average molecular weight is 83.1 g/mol. The minimum atomic E-state index is 0.760. The molecule has 0 unspecified atom stereocenters. The second-order valence-electron chi connectivity index (χ2n) is 1.00. The summed E-state index contributed by atoms with van der Waals surface area (Å²) in [6.45, 7) is 1.57. The summed E-state index contributed by atoms with van der Waals surface area (Å²) in [6, 6.07) is 0. The van der Waals surface area contributed by atoms with Crippen molar-refractivity contribution in [3.8, 4) is 0 Å². The maximum atomic E-state index is 3.79. The predicted octanol–water partition coefficient (Wildman–Crippen LogP) is 0.481. The van der Waals surface area contributed by atoms with Crippen LogP contribution in [0.4, 0.5) is 0 Å². The van der Waals surface area contributed by atoms with Crippen LogP contribution in [-0.2, 0) is 0 Å². The summed E-state index contributed by atoms with van der Waals surface area (Å²) in [5, 5.41) is 7.16. The zero-order valence-electron chi connectivity index (χ0n) is 3.33. The largest absolute Gasteiger partial charge is 0.270 e. The van der Waals surface area contributed by atoms with E-state index in [1.165, 1.54) is 6.34 Å². The van der Waals surface area contributed by atoms with E-state index in [2.05, 4.69) is 15.2 Å². The Bertz CT molecular complexity index is 72.0. The van der Waals surface area contributed by atoms with E-state index in [4.69, 9.17) is 0 Å². The van der Waals surface area contributed by atoms with Gasteiger partial charge in [0.25, 0.3) is 0 Å². The Labute approximate surface area is 35.8 Å². The van der Waals surface area contributed by atoms with E-state index in [1.807, 2.05) is 0 Å². The summed E-state index contributed by atoms with van der Waals surface area (Å²) in [7, 11) is 0. The van der Waals surface area contributed by atoms with Gasteiger partial charge >= 0.3 is 0 Å². The number of nitrogens with zero attached hydrogens (tertiary/aromatic N) is 3. The van der Waals surface area contributed by atoms with Crippen molar-refractivity contribution in [2.75, 3.05) is 13.1 Å². The lowest BCUT2D eigenvalue weighted by Crippen LogP contribution is -1.89. The summed E-state index contributed by atoms with van der Waals surface area (Å²) in [5.74, 6) is 0. The molecule has 1 heterocycles. The van der Waals surface area contributed by atoms with Gasteiger partial charge in [0.15, 0.2) is 0 Å². The normalized spacial score (nSPS) is 18.7. The van der Waals surface area contributed by atoms with Gasteiger partial charge in [-0.2, -0.15) is 5.11 Å². The Morgan fingerprint density at radius 3 is 2.50 bits per heavy atom. The molecule has 32 valence electrons. The molecule has 1 aliphatic heterocycles. The first-order valence-corrected chi connectivity index (χ1v) is 1.85. The van der Waals surface area contributed by atoms with Crippen molar-refractivity contribution in [3.05, 3.63) is 0 Å². The molecule has 6 heavy (non-hydrogen) atoms. The van der Waals surface area contributed by atoms with Gasteiger partial charge in [-0.05, 0) is 0 Å². The molecule has 0 fully saturated rings. The molecule has 0 N–H and O–H groups in total. The molecule has 1 rings (SSSR count). The van der Waals surface area contributed by atoms with Gasteiger partial charge in [-0.25, -0.2) is 0 Å². The highest BCUT2D eigenvalue weighted by atomic mass is 15.1. The van der Waals surface area contributed by atoms with Gasteiger partial charge in [0.2, 0.25) is 0 Å². The van der Waals surface area contributed by atoms with Gasteiger partial charge in [-0.15, -0.1) is 5.11 Å². The summed E-state index contributed by atoms with van der Waals surface area (Å²) >= 11 is 0. The molecular weight excluding hydrogens is 78.1 g/mol. The van der Waals surface area contributed by atoms with Gasteiger partial charge in [0.1, 0.15) is 6.34 Å². The first-order chi connectivity index (χ1) is 3.00. The zero-order chi connectivity index (χ0) is 4.24. The van der Waals surface area contributed by atoms with Crippen LogP contribution in [0.2, 0.25) is 0 Å². The number of rotatable bonds is 0. The smallest absolute Gasteiger partial charge is 0.132 e.